The highest BCUT2D eigenvalue weighted by Crippen LogP contribution is 2.35. The average molecular weight is 487 g/mol. The highest BCUT2D eigenvalue weighted by atomic mass is 19.1. The number of carbonyl (C=O) groups excluding carboxylic acids is 1. The van der Waals surface area contributed by atoms with Crippen LogP contribution in [0.4, 0.5) is 21.7 Å². The Balaban J connectivity index is 1.53. The highest BCUT2D eigenvalue weighted by Gasteiger charge is 2.18. The second-order valence-electron chi connectivity index (χ2n) is 8.75. The Kier molecular flexibility index (Phi) is 6.62. The van der Waals surface area contributed by atoms with Gasteiger partial charge in [0.1, 0.15) is 11.6 Å². The molecule has 3 heterocycles. The number of aromatic nitrogens is 4. The monoisotopic (exact) mass is 486 g/mol. The minimum Gasteiger partial charge on any atom is -0.495 e. The summed E-state index contributed by atoms with van der Waals surface area (Å²) in [5.41, 5.74) is 3.58. The van der Waals surface area contributed by atoms with Crippen LogP contribution in [0.25, 0.3) is 22.3 Å². The summed E-state index contributed by atoms with van der Waals surface area (Å²) in [6, 6.07) is 10.4. The molecule has 0 aliphatic carbocycles. The molecule has 2 N–H and O–H groups in total. The van der Waals surface area contributed by atoms with Gasteiger partial charge >= 0.3 is 0 Å². The number of ether oxygens (including phenoxy) is 1. The fourth-order valence-electron chi connectivity index (χ4n) is 4.51. The highest BCUT2D eigenvalue weighted by molar-refractivity contribution is 5.93. The maximum Gasteiger partial charge on any atom is 0.229 e. The predicted octanol–water partition coefficient (Wildman–Crippen LogP) is 5.20. The number of H-pyrrole nitrogens is 1. The molecule has 0 amide bonds. The summed E-state index contributed by atoms with van der Waals surface area (Å²) in [7, 11) is 1.67. The lowest BCUT2D eigenvalue weighted by atomic mass is 10.0. The first-order valence-corrected chi connectivity index (χ1v) is 11.9. The van der Waals surface area contributed by atoms with Crippen LogP contribution < -0.4 is 15.0 Å². The molecule has 0 radical (unpaired) electrons. The Bertz CT molecular complexity index is 1430. The number of rotatable bonds is 8. The second kappa shape index (κ2) is 10.2. The molecule has 1 aliphatic heterocycles. The topological polar surface area (TPSA) is 96.0 Å². The molecule has 184 valence electrons. The SMILES string of the molecule is C=CC(=O)Cc1ccc(F)c(-c2nc(Nc3ccc(OC)c(N4CCCCC4)c3)nc3[nH]ncc23)c1. The van der Waals surface area contributed by atoms with E-state index in [1.54, 1.807) is 25.4 Å². The van der Waals surface area contributed by atoms with Gasteiger partial charge in [-0.05, 0) is 61.2 Å². The van der Waals surface area contributed by atoms with Gasteiger partial charge in [-0.15, -0.1) is 0 Å². The molecule has 2 aromatic heterocycles. The average Bonchev–Trinajstić information content (AvgIpc) is 3.38. The maximum absolute atomic E-state index is 15.0. The van der Waals surface area contributed by atoms with Gasteiger partial charge in [0, 0.05) is 30.8 Å². The molecule has 0 spiro atoms. The van der Waals surface area contributed by atoms with Gasteiger partial charge in [0.25, 0.3) is 0 Å². The number of fused-ring (bicyclic) bond motifs is 1. The van der Waals surface area contributed by atoms with E-state index in [1.165, 1.54) is 18.6 Å². The smallest absolute Gasteiger partial charge is 0.229 e. The van der Waals surface area contributed by atoms with Crippen molar-refractivity contribution in [2.75, 3.05) is 30.4 Å². The molecular weight excluding hydrogens is 459 g/mol. The number of anilines is 3. The molecule has 9 heteroatoms. The molecule has 1 saturated heterocycles. The number of piperidine rings is 1. The lowest BCUT2D eigenvalue weighted by molar-refractivity contribution is -0.114. The molecule has 5 rings (SSSR count). The number of allylic oxidation sites excluding steroid dienone is 1. The van der Waals surface area contributed by atoms with Crippen LogP contribution >= 0.6 is 0 Å². The van der Waals surface area contributed by atoms with Crippen molar-refractivity contribution < 1.29 is 13.9 Å². The third kappa shape index (κ3) is 4.77. The molecule has 0 atom stereocenters. The standard InChI is InChI=1S/C27H27FN6O2/c1-3-19(35)13-17-7-9-22(28)20(14-17)25-21-16-29-33-26(21)32-27(31-25)30-18-8-10-24(36-2)23(15-18)34-11-5-4-6-12-34/h3,7-10,14-16H,1,4-6,11-13H2,2H3,(H2,29,30,31,32,33). The molecule has 1 aliphatic rings. The lowest BCUT2D eigenvalue weighted by Crippen LogP contribution is -2.29. The van der Waals surface area contributed by atoms with Crippen molar-refractivity contribution >= 4 is 34.1 Å². The number of ketones is 1. The largest absolute Gasteiger partial charge is 0.495 e. The van der Waals surface area contributed by atoms with Gasteiger partial charge in [0.2, 0.25) is 5.95 Å². The summed E-state index contributed by atoms with van der Waals surface area (Å²) >= 11 is 0. The lowest BCUT2D eigenvalue weighted by Gasteiger charge is -2.30. The molecule has 1 fully saturated rings. The first-order chi connectivity index (χ1) is 17.6. The third-order valence-electron chi connectivity index (χ3n) is 6.33. The number of hydrogen-bond acceptors (Lipinski definition) is 7. The van der Waals surface area contributed by atoms with Crippen molar-refractivity contribution in [3.05, 3.63) is 66.6 Å². The summed E-state index contributed by atoms with van der Waals surface area (Å²) < 4.78 is 20.6. The number of carbonyl (C=O) groups is 1. The molecule has 0 bridgehead atoms. The fourth-order valence-corrected chi connectivity index (χ4v) is 4.51. The summed E-state index contributed by atoms with van der Waals surface area (Å²) in [5.74, 6) is 0.508. The number of methoxy groups -OCH3 is 1. The van der Waals surface area contributed by atoms with Crippen LogP contribution in [0.15, 0.2) is 55.3 Å². The summed E-state index contributed by atoms with van der Waals surface area (Å²) in [4.78, 5) is 23.4. The Labute approximate surface area is 208 Å². The Morgan fingerprint density at radius 1 is 1.19 bits per heavy atom. The van der Waals surface area contributed by atoms with Crippen molar-refractivity contribution in [1.82, 2.24) is 20.2 Å². The molecule has 0 saturated carbocycles. The van der Waals surface area contributed by atoms with E-state index in [4.69, 9.17) is 4.74 Å². The van der Waals surface area contributed by atoms with Gasteiger partial charge in [-0.1, -0.05) is 12.6 Å². The van der Waals surface area contributed by atoms with Crippen molar-refractivity contribution in [3.8, 4) is 17.0 Å². The van der Waals surface area contributed by atoms with Crippen LogP contribution in [0.2, 0.25) is 0 Å². The number of benzene rings is 2. The van der Waals surface area contributed by atoms with Crippen molar-refractivity contribution in [2.24, 2.45) is 0 Å². The van der Waals surface area contributed by atoms with E-state index in [-0.39, 0.29) is 17.8 Å². The van der Waals surface area contributed by atoms with Crippen LogP contribution in [0.3, 0.4) is 0 Å². The summed E-state index contributed by atoms with van der Waals surface area (Å²) in [5, 5.41) is 10.8. The van der Waals surface area contributed by atoms with Gasteiger partial charge in [-0.3, -0.25) is 9.89 Å². The van der Waals surface area contributed by atoms with Crippen LogP contribution in [-0.2, 0) is 11.2 Å². The quantitative estimate of drug-likeness (QED) is 0.331. The number of nitrogens with zero attached hydrogens (tertiary/aromatic N) is 4. The Morgan fingerprint density at radius 2 is 2.03 bits per heavy atom. The van der Waals surface area contributed by atoms with Crippen LogP contribution in [0.5, 0.6) is 5.75 Å². The Hall–Kier alpha value is -4.27. The van der Waals surface area contributed by atoms with Gasteiger partial charge in [0.05, 0.1) is 30.1 Å². The van der Waals surface area contributed by atoms with Gasteiger partial charge < -0.3 is 15.0 Å². The molecule has 0 unspecified atom stereocenters. The van der Waals surface area contributed by atoms with Crippen LogP contribution in [0, 0.1) is 5.82 Å². The second-order valence-corrected chi connectivity index (χ2v) is 8.75. The van der Waals surface area contributed by atoms with E-state index in [0.717, 1.165) is 43.1 Å². The van der Waals surface area contributed by atoms with E-state index in [0.29, 0.717) is 28.2 Å². The molecule has 8 nitrogen and oxygen atoms in total. The van der Waals surface area contributed by atoms with E-state index in [2.05, 4.69) is 37.0 Å². The van der Waals surface area contributed by atoms with Crippen LogP contribution in [0.1, 0.15) is 24.8 Å². The fraction of sp³-hybridized carbons (Fsp3) is 0.259. The molecule has 36 heavy (non-hydrogen) atoms. The number of aromatic amines is 1. The minimum absolute atomic E-state index is 0.132. The van der Waals surface area contributed by atoms with Gasteiger partial charge in [-0.25, -0.2) is 9.37 Å². The normalized spacial score (nSPS) is 13.6. The zero-order valence-corrected chi connectivity index (χ0v) is 20.1. The van der Waals surface area contributed by atoms with E-state index < -0.39 is 5.82 Å². The molecular formula is C27H27FN6O2. The van der Waals surface area contributed by atoms with Crippen molar-refractivity contribution in [3.63, 3.8) is 0 Å². The third-order valence-corrected chi connectivity index (χ3v) is 6.33. The Morgan fingerprint density at radius 3 is 2.81 bits per heavy atom. The summed E-state index contributed by atoms with van der Waals surface area (Å²) in [6.07, 6.45) is 6.48. The maximum atomic E-state index is 15.0. The predicted molar refractivity (Wildman–Crippen MR) is 138 cm³/mol. The number of nitrogens with one attached hydrogen (secondary N) is 2. The van der Waals surface area contributed by atoms with Crippen LogP contribution in [-0.4, -0.2) is 46.1 Å². The minimum atomic E-state index is -0.450. The van der Waals surface area contributed by atoms with Crippen molar-refractivity contribution in [2.45, 2.75) is 25.7 Å². The van der Waals surface area contributed by atoms with Gasteiger partial charge in [-0.2, -0.15) is 10.1 Å². The summed E-state index contributed by atoms with van der Waals surface area (Å²) in [6.45, 7) is 5.46. The first-order valence-electron chi connectivity index (χ1n) is 11.9. The number of hydrogen-bond donors (Lipinski definition) is 2. The van der Waals surface area contributed by atoms with E-state index >= 15 is 0 Å². The zero-order chi connectivity index (χ0) is 25.1. The van der Waals surface area contributed by atoms with Gasteiger partial charge in [0.15, 0.2) is 11.4 Å². The van der Waals surface area contributed by atoms with E-state index in [9.17, 15) is 9.18 Å². The van der Waals surface area contributed by atoms with E-state index in [1.807, 2.05) is 18.2 Å². The molecule has 2 aromatic carbocycles. The zero-order valence-electron chi connectivity index (χ0n) is 20.1. The molecule has 4 aromatic rings. The first kappa shape index (κ1) is 23.5. The van der Waals surface area contributed by atoms with Crippen molar-refractivity contribution in [1.29, 1.82) is 0 Å². The number of halogens is 1.